The lowest BCUT2D eigenvalue weighted by atomic mass is 10.0. The molecule has 0 unspecified atom stereocenters. The van der Waals surface area contributed by atoms with Crippen molar-refractivity contribution in [2.75, 3.05) is 5.73 Å². The Hall–Kier alpha value is -1.94. The van der Waals surface area contributed by atoms with Gasteiger partial charge in [-0.3, -0.25) is 0 Å². The average Bonchev–Trinajstić information content (AvgIpc) is 2.32. The van der Waals surface area contributed by atoms with Gasteiger partial charge < -0.3 is 5.73 Å². The van der Waals surface area contributed by atoms with Gasteiger partial charge in [-0.25, -0.2) is 0 Å². The normalized spacial score (nSPS) is 11.6. The van der Waals surface area contributed by atoms with E-state index in [1.807, 2.05) is 25.1 Å². The van der Waals surface area contributed by atoms with E-state index in [-0.39, 0.29) is 0 Å². The standard InChI is InChI=1S/C15H17N/c1-3-5-6-13(4-2)7-8-14-9-11-15(16)12-10-14/h1,4-6,9-12H,7-8,16H2,2H3. The Kier molecular flexibility index (Phi) is 4.95. The third-order valence-corrected chi connectivity index (χ3v) is 2.45. The second-order valence-corrected chi connectivity index (χ2v) is 3.61. The molecule has 1 aromatic carbocycles. The zero-order valence-corrected chi connectivity index (χ0v) is 9.61. The van der Waals surface area contributed by atoms with Gasteiger partial charge in [-0.2, -0.15) is 0 Å². The van der Waals surface area contributed by atoms with Crippen molar-refractivity contribution in [1.82, 2.24) is 0 Å². The second-order valence-electron chi connectivity index (χ2n) is 3.61. The van der Waals surface area contributed by atoms with Crippen molar-refractivity contribution in [3.8, 4) is 12.3 Å². The fourth-order valence-corrected chi connectivity index (χ4v) is 1.45. The number of benzene rings is 1. The summed E-state index contributed by atoms with van der Waals surface area (Å²) in [5.41, 5.74) is 8.99. The van der Waals surface area contributed by atoms with Crippen molar-refractivity contribution in [1.29, 1.82) is 0 Å². The fraction of sp³-hybridized carbons (Fsp3) is 0.200. The molecule has 0 aromatic heterocycles. The minimum atomic E-state index is 0.808. The predicted molar refractivity (Wildman–Crippen MR) is 70.9 cm³/mol. The molecule has 2 N–H and O–H groups in total. The smallest absolute Gasteiger partial charge is 0.0314 e. The first-order valence-electron chi connectivity index (χ1n) is 5.38. The van der Waals surface area contributed by atoms with E-state index in [1.54, 1.807) is 6.08 Å². The molecule has 0 fully saturated rings. The molecular formula is C15H17N. The van der Waals surface area contributed by atoms with Gasteiger partial charge in [-0.1, -0.05) is 35.8 Å². The topological polar surface area (TPSA) is 26.0 Å². The van der Waals surface area contributed by atoms with Crippen LogP contribution in [-0.4, -0.2) is 0 Å². The first-order valence-corrected chi connectivity index (χ1v) is 5.38. The fourth-order valence-electron chi connectivity index (χ4n) is 1.45. The summed E-state index contributed by atoms with van der Waals surface area (Å²) in [5.74, 6) is 2.50. The van der Waals surface area contributed by atoms with Gasteiger partial charge in [0.05, 0.1) is 0 Å². The van der Waals surface area contributed by atoms with E-state index in [9.17, 15) is 0 Å². The van der Waals surface area contributed by atoms with Crippen molar-refractivity contribution in [2.45, 2.75) is 19.8 Å². The molecular weight excluding hydrogens is 194 g/mol. The molecule has 82 valence electrons. The number of rotatable bonds is 4. The van der Waals surface area contributed by atoms with Crippen molar-refractivity contribution in [3.63, 3.8) is 0 Å². The van der Waals surface area contributed by atoms with Crippen molar-refractivity contribution < 1.29 is 0 Å². The Labute approximate surface area is 97.7 Å². The summed E-state index contributed by atoms with van der Waals surface area (Å²) < 4.78 is 0. The van der Waals surface area contributed by atoms with E-state index in [0.29, 0.717) is 0 Å². The Bertz CT molecular complexity index is 416. The van der Waals surface area contributed by atoms with Gasteiger partial charge in [0.25, 0.3) is 0 Å². The summed E-state index contributed by atoms with van der Waals surface area (Å²) in [4.78, 5) is 0. The van der Waals surface area contributed by atoms with Crippen molar-refractivity contribution in [2.24, 2.45) is 0 Å². The number of hydrogen-bond acceptors (Lipinski definition) is 1. The highest BCUT2D eigenvalue weighted by Crippen LogP contribution is 2.12. The second kappa shape index (κ2) is 6.53. The Morgan fingerprint density at radius 2 is 2.06 bits per heavy atom. The zero-order valence-electron chi connectivity index (χ0n) is 9.61. The predicted octanol–water partition coefficient (Wildman–Crippen LogP) is 3.34. The molecule has 0 atom stereocenters. The van der Waals surface area contributed by atoms with E-state index < -0.39 is 0 Å². The van der Waals surface area contributed by atoms with Crippen molar-refractivity contribution >= 4 is 5.69 Å². The third kappa shape index (κ3) is 4.06. The van der Waals surface area contributed by atoms with Crippen LogP contribution in [0.3, 0.4) is 0 Å². The summed E-state index contributed by atoms with van der Waals surface area (Å²) in [6, 6.07) is 7.99. The lowest BCUT2D eigenvalue weighted by molar-refractivity contribution is 0.963. The Morgan fingerprint density at radius 1 is 1.38 bits per heavy atom. The first kappa shape index (κ1) is 12.1. The molecule has 0 saturated heterocycles. The largest absolute Gasteiger partial charge is 0.399 e. The molecule has 1 heteroatoms. The van der Waals surface area contributed by atoms with Gasteiger partial charge in [0.1, 0.15) is 0 Å². The van der Waals surface area contributed by atoms with Gasteiger partial charge in [0.2, 0.25) is 0 Å². The molecule has 0 bridgehead atoms. The highest BCUT2D eigenvalue weighted by Gasteiger charge is 1.95. The Morgan fingerprint density at radius 3 is 2.62 bits per heavy atom. The van der Waals surface area contributed by atoms with Crippen LogP contribution in [0, 0.1) is 12.3 Å². The molecule has 1 nitrogen and oxygen atoms in total. The van der Waals surface area contributed by atoms with Crippen LogP contribution < -0.4 is 5.73 Å². The van der Waals surface area contributed by atoms with Crippen LogP contribution in [-0.2, 0) is 6.42 Å². The number of nitrogens with two attached hydrogens (primary N) is 1. The van der Waals surface area contributed by atoms with Gasteiger partial charge in [-0.05, 0) is 43.5 Å². The number of anilines is 1. The molecule has 0 amide bonds. The summed E-state index contributed by atoms with van der Waals surface area (Å²) in [6.07, 6.45) is 13.0. The van der Waals surface area contributed by atoms with Gasteiger partial charge in [0.15, 0.2) is 0 Å². The number of aryl methyl sites for hydroxylation is 1. The quantitative estimate of drug-likeness (QED) is 0.461. The van der Waals surface area contributed by atoms with Crippen LogP contribution in [0.2, 0.25) is 0 Å². The molecule has 0 aliphatic heterocycles. The molecule has 0 saturated carbocycles. The van der Waals surface area contributed by atoms with Crippen LogP contribution in [0.4, 0.5) is 5.69 Å². The summed E-state index contributed by atoms with van der Waals surface area (Å²) >= 11 is 0. The van der Waals surface area contributed by atoms with Gasteiger partial charge in [-0.15, -0.1) is 6.42 Å². The number of terminal acetylenes is 1. The third-order valence-electron chi connectivity index (χ3n) is 2.45. The van der Waals surface area contributed by atoms with Crippen LogP contribution in [0.15, 0.2) is 48.1 Å². The van der Waals surface area contributed by atoms with E-state index in [2.05, 4.69) is 24.1 Å². The van der Waals surface area contributed by atoms with Crippen LogP contribution in [0.1, 0.15) is 18.9 Å². The number of hydrogen-bond donors (Lipinski definition) is 1. The lowest BCUT2D eigenvalue weighted by Gasteiger charge is -2.02. The van der Waals surface area contributed by atoms with Crippen LogP contribution in [0.25, 0.3) is 0 Å². The number of nitrogen functional groups attached to an aromatic ring is 1. The maximum Gasteiger partial charge on any atom is 0.0314 e. The average molecular weight is 211 g/mol. The molecule has 0 aliphatic rings. The van der Waals surface area contributed by atoms with Gasteiger partial charge >= 0.3 is 0 Å². The highest BCUT2D eigenvalue weighted by atomic mass is 14.5. The first-order chi connectivity index (χ1) is 7.76. The minimum absolute atomic E-state index is 0.808. The maximum absolute atomic E-state index is 5.63. The van der Waals surface area contributed by atoms with E-state index in [4.69, 9.17) is 12.2 Å². The SMILES string of the molecule is C#CC=CC(=CC)CCc1ccc(N)cc1. The maximum atomic E-state index is 5.63. The van der Waals surface area contributed by atoms with Crippen LogP contribution in [0.5, 0.6) is 0 Å². The molecule has 0 spiro atoms. The molecule has 16 heavy (non-hydrogen) atoms. The molecule has 1 aromatic rings. The van der Waals surface area contributed by atoms with E-state index in [1.165, 1.54) is 11.1 Å². The van der Waals surface area contributed by atoms with Crippen LogP contribution >= 0.6 is 0 Å². The van der Waals surface area contributed by atoms with E-state index in [0.717, 1.165) is 18.5 Å². The molecule has 1 rings (SSSR count). The molecule has 0 heterocycles. The zero-order chi connectivity index (χ0) is 11.8. The molecule has 0 radical (unpaired) electrons. The Balaban J connectivity index is 2.54. The summed E-state index contributed by atoms with van der Waals surface area (Å²) in [6.45, 7) is 2.03. The monoisotopic (exact) mass is 211 g/mol. The molecule has 0 aliphatic carbocycles. The van der Waals surface area contributed by atoms with Crippen molar-refractivity contribution in [3.05, 3.63) is 53.6 Å². The minimum Gasteiger partial charge on any atom is -0.399 e. The summed E-state index contributed by atoms with van der Waals surface area (Å²) in [7, 11) is 0. The number of allylic oxidation sites excluding steroid dienone is 4. The van der Waals surface area contributed by atoms with E-state index >= 15 is 0 Å². The highest BCUT2D eigenvalue weighted by molar-refractivity contribution is 5.39. The summed E-state index contributed by atoms with van der Waals surface area (Å²) in [5, 5.41) is 0. The van der Waals surface area contributed by atoms with Gasteiger partial charge in [0, 0.05) is 5.69 Å². The lowest BCUT2D eigenvalue weighted by Crippen LogP contribution is -1.89.